The molecule has 0 radical (unpaired) electrons. The number of carbonyl (C=O) groups excluding carboxylic acids is 2. The highest BCUT2D eigenvalue weighted by Crippen LogP contribution is 2.26. The van der Waals surface area contributed by atoms with Gasteiger partial charge in [0.1, 0.15) is 23.0 Å². The predicted molar refractivity (Wildman–Crippen MR) is 135 cm³/mol. The van der Waals surface area contributed by atoms with Crippen molar-refractivity contribution in [2.24, 2.45) is 0 Å². The Balaban J connectivity index is 1.59. The number of pyridine rings is 1. The number of carbonyl (C=O) groups is 2. The Kier molecular flexibility index (Phi) is 7.69. The van der Waals surface area contributed by atoms with Crippen molar-refractivity contribution in [3.63, 3.8) is 0 Å². The molecule has 2 aromatic heterocycles. The van der Waals surface area contributed by atoms with Crippen molar-refractivity contribution < 1.29 is 23.7 Å². The molecule has 10 nitrogen and oxygen atoms in total. The van der Waals surface area contributed by atoms with Crippen molar-refractivity contribution >= 4 is 23.6 Å². The lowest BCUT2D eigenvalue weighted by molar-refractivity contribution is -0.384. The lowest BCUT2D eigenvalue weighted by Crippen LogP contribution is -2.34. The normalized spacial score (nSPS) is 11.0. The van der Waals surface area contributed by atoms with Gasteiger partial charge < -0.3 is 19.8 Å². The Morgan fingerprint density at radius 1 is 1.05 bits per heavy atom. The summed E-state index contributed by atoms with van der Waals surface area (Å²) < 4.78 is 10.9. The monoisotopic (exact) mass is 498 g/mol. The van der Waals surface area contributed by atoms with Gasteiger partial charge in [-0.25, -0.2) is 0 Å². The van der Waals surface area contributed by atoms with Crippen LogP contribution in [-0.4, -0.2) is 28.8 Å². The molecular weight excluding hydrogens is 476 g/mol. The van der Waals surface area contributed by atoms with Gasteiger partial charge in [-0.15, -0.1) is 0 Å². The summed E-state index contributed by atoms with van der Waals surface area (Å²) >= 11 is 0. The average molecular weight is 498 g/mol. The van der Waals surface area contributed by atoms with Crippen molar-refractivity contribution in [1.82, 2.24) is 15.6 Å². The number of aromatic nitrogens is 1. The molecule has 0 aliphatic heterocycles. The van der Waals surface area contributed by atoms with E-state index in [0.717, 1.165) is 5.56 Å². The summed E-state index contributed by atoms with van der Waals surface area (Å²) in [5.74, 6) is 0.190. The first-order valence-electron chi connectivity index (χ1n) is 11.1. The minimum absolute atomic E-state index is 0.0465. The van der Waals surface area contributed by atoms with Gasteiger partial charge in [0, 0.05) is 48.3 Å². The fourth-order valence-electron chi connectivity index (χ4n) is 3.37. The maximum atomic E-state index is 13.0. The fourth-order valence-corrected chi connectivity index (χ4v) is 3.37. The molecule has 186 valence electrons. The first kappa shape index (κ1) is 24.9. The summed E-state index contributed by atoms with van der Waals surface area (Å²) in [5.41, 5.74) is 1.53. The number of hydrogen-bond donors (Lipinski definition) is 2. The van der Waals surface area contributed by atoms with Gasteiger partial charge in [0.25, 0.3) is 17.5 Å². The van der Waals surface area contributed by atoms with Gasteiger partial charge >= 0.3 is 0 Å². The van der Waals surface area contributed by atoms with E-state index >= 15 is 0 Å². The quantitative estimate of drug-likeness (QED) is 0.199. The van der Waals surface area contributed by atoms with E-state index in [1.165, 1.54) is 25.3 Å². The molecular formula is C27H22N4O6. The Labute approximate surface area is 211 Å². The van der Waals surface area contributed by atoms with Crippen molar-refractivity contribution in [3.8, 4) is 17.1 Å². The zero-order chi connectivity index (χ0) is 26.2. The predicted octanol–water partition coefficient (Wildman–Crippen LogP) is 4.35. The molecule has 0 fully saturated rings. The summed E-state index contributed by atoms with van der Waals surface area (Å²) in [5, 5.41) is 16.5. The summed E-state index contributed by atoms with van der Waals surface area (Å²) in [6.07, 6.45) is 4.62. The molecule has 0 bridgehead atoms. The minimum Gasteiger partial charge on any atom is -0.497 e. The first-order valence-corrected chi connectivity index (χ1v) is 11.1. The Morgan fingerprint density at radius 3 is 2.51 bits per heavy atom. The van der Waals surface area contributed by atoms with Crippen LogP contribution in [0.25, 0.3) is 17.4 Å². The number of hydrogen-bond acceptors (Lipinski definition) is 7. The topological polar surface area (TPSA) is 137 Å². The number of nitro benzene ring substituents is 1. The number of rotatable bonds is 9. The molecule has 4 aromatic rings. The van der Waals surface area contributed by atoms with Crippen molar-refractivity contribution in [3.05, 3.63) is 118 Å². The smallest absolute Gasteiger partial charge is 0.270 e. The number of nitrogens with one attached hydrogen (secondary N) is 2. The highest BCUT2D eigenvalue weighted by molar-refractivity contribution is 6.05. The molecule has 2 aromatic carbocycles. The third-order valence-corrected chi connectivity index (χ3v) is 5.30. The lowest BCUT2D eigenvalue weighted by Gasteiger charge is -2.11. The maximum Gasteiger partial charge on any atom is 0.270 e. The van der Waals surface area contributed by atoms with Crippen molar-refractivity contribution in [2.75, 3.05) is 7.11 Å². The number of furan rings is 1. The van der Waals surface area contributed by atoms with Gasteiger partial charge in [0.05, 0.1) is 12.0 Å². The number of nitrogens with zero attached hydrogens (tertiary/aromatic N) is 2. The van der Waals surface area contributed by atoms with Crippen LogP contribution in [0, 0.1) is 10.1 Å². The highest BCUT2D eigenvalue weighted by atomic mass is 16.6. The SMILES string of the molecule is COc1ccc(C(=O)NC(=Cc2ccc(-c3cccc([N+](=O)[O-])c3)o2)C(=O)NCc2ccncc2)cc1. The zero-order valence-corrected chi connectivity index (χ0v) is 19.7. The van der Waals surface area contributed by atoms with Gasteiger partial charge in [-0.05, 0) is 54.1 Å². The third-order valence-electron chi connectivity index (χ3n) is 5.30. The van der Waals surface area contributed by atoms with E-state index in [4.69, 9.17) is 9.15 Å². The van der Waals surface area contributed by atoms with E-state index in [1.807, 2.05) is 0 Å². The lowest BCUT2D eigenvalue weighted by atomic mass is 10.1. The first-order chi connectivity index (χ1) is 17.9. The van der Waals surface area contributed by atoms with Gasteiger partial charge in [-0.3, -0.25) is 24.7 Å². The van der Waals surface area contributed by atoms with E-state index < -0.39 is 16.7 Å². The second-order valence-corrected chi connectivity index (χ2v) is 7.79. The highest BCUT2D eigenvalue weighted by Gasteiger charge is 2.17. The standard InChI is InChI=1S/C27H22N4O6/c1-36-22-7-5-19(6-8-22)26(32)30-24(27(33)29-17-18-11-13-28-14-12-18)16-23-9-10-25(37-23)20-3-2-4-21(15-20)31(34)35/h2-16H,17H2,1H3,(H,29,33)(H,30,32). The molecule has 0 aliphatic rings. The maximum absolute atomic E-state index is 13.0. The van der Waals surface area contributed by atoms with Crippen LogP contribution >= 0.6 is 0 Å². The molecule has 10 heteroatoms. The van der Waals surface area contributed by atoms with E-state index in [1.54, 1.807) is 73.1 Å². The molecule has 2 heterocycles. The molecule has 2 amide bonds. The van der Waals surface area contributed by atoms with Crippen molar-refractivity contribution in [1.29, 1.82) is 0 Å². The van der Waals surface area contributed by atoms with E-state index in [-0.39, 0.29) is 23.7 Å². The van der Waals surface area contributed by atoms with Crippen LogP contribution in [0.4, 0.5) is 5.69 Å². The summed E-state index contributed by atoms with van der Waals surface area (Å²) in [4.78, 5) is 40.5. The number of nitro groups is 1. The van der Waals surface area contributed by atoms with Crippen LogP contribution in [0.3, 0.4) is 0 Å². The number of non-ortho nitro benzene ring substituents is 1. The van der Waals surface area contributed by atoms with Crippen LogP contribution in [-0.2, 0) is 11.3 Å². The van der Waals surface area contributed by atoms with Crippen LogP contribution in [0.5, 0.6) is 5.75 Å². The van der Waals surface area contributed by atoms with Crippen LogP contribution in [0.1, 0.15) is 21.7 Å². The molecule has 37 heavy (non-hydrogen) atoms. The van der Waals surface area contributed by atoms with Gasteiger partial charge in [-0.1, -0.05) is 12.1 Å². The number of ether oxygens (including phenoxy) is 1. The number of methoxy groups -OCH3 is 1. The zero-order valence-electron chi connectivity index (χ0n) is 19.7. The molecule has 4 rings (SSSR count). The van der Waals surface area contributed by atoms with Gasteiger partial charge in [-0.2, -0.15) is 0 Å². The Morgan fingerprint density at radius 2 is 1.81 bits per heavy atom. The molecule has 0 aliphatic carbocycles. The molecule has 2 N–H and O–H groups in total. The van der Waals surface area contributed by atoms with Crippen molar-refractivity contribution in [2.45, 2.75) is 6.54 Å². The average Bonchev–Trinajstić information content (AvgIpc) is 3.40. The number of benzene rings is 2. The van der Waals surface area contributed by atoms with E-state index in [2.05, 4.69) is 15.6 Å². The Hall–Kier alpha value is -5.25. The molecule has 0 saturated heterocycles. The summed E-state index contributed by atoms with van der Waals surface area (Å²) in [6.45, 7) is 0.216. The second kappa shape index (κ2) is 11.5. The minimum atomic E-state index is -0.535. The number of amides is 2. The van der Waals surface area contributed by atoms with Crippen LogP contribution in [0.2, 0.25) is 0 Å². The molecule has 0 unspecified atom stereocenters. The van der Waals surface area contributed by atoms with E-state index in [0.29, 0.717) is 22.6 Å². The third kappa shape index (κ3) is 6.45. The molecule has 0 spiro atoms. The molecule has 0 saturated carbocycles. The van der Waals surface area contributed by atoms with Crippen LogP contribution < -0.4 is 15.4 Å². The second-order valence-electron chi connectivity index (χ2n) is 7.79. The van der Waals surface area contributed by atoms with Gasteiger partial charge in [0.15, 0.2) is 0 Å². The Bertz CT molecular complexity index is 1450. The molecule has 0 atom stereocenters. The summed E-state index contributed by atoms with van der Waals surface area (Å²) in [6, 6.07) is 19.2. The summed E-state index contributed by atoms with van der Waals surface area (Å²) in [7, 11) is 1.52. The van der Waals surface area contributed by atoms with E-state index in [9.17, 15) is 19.7 Å². The van der Waals surface area contributed by atoms with Crippen LogP contribution in [0.15, 0.2) is 95.3 Å². The van der Waals surface area contributed by atoms with Gasteiger partial charge in [0.2, 0.25) is 0 Å². The largest absolute Gasteiger partial charge is 0.497 e. The fraction of sp³-hybridized carbons (Fsp3) is 0.0741.